The molecular formula is C11H8F4O2. The van der Waals surface area contributed by atoms with E-state index >= 15 is 0 Å². The Morgan fingerprint density at radius 1 is 1.24 bits per heavy atom. The summed E-state index contributed by atoms with van der Waals surface area (Å²) < 4.78 is 48.6. The van der Waals surface area contributed by atoms with E-state index in [1.54, 1.807) is 0 Å². The van der Waals surface area contributed by atoms with Crippen molar-refractivity contribution in [1.29, 1.82) is 0 Å². The van der Waals surface area contributed by atoms with E-state index in [1.165, 1.54) is 6.92 Å². The molecule has 0 saturated heterocycles. The molecule has 1 aromatic carbocycles. The molecule has 0 aliphatic rings. The summed E-state index contributed by atoms with van der Waals surface area (Å²) >= 11 is 0. The first-order chi connectivity index (χ1) is 7.71. The second-order valence-electron chi connectivity index (χ2n) is 3.48. The Morgan fingerprint density at radius 3 is 2.29 bits per heavy atom. The first-order valence-corrected chi connectivity index (χ1v) is 4.61. The first kappa shape index (κ1) is 13.3. The summed E-state index contributed by atoms with van der Waals surface area (Å²) in [4.78, 5) is 21.9. The molecule has 0 heterocycles. The molecule has 0 spiro atoms. The van der Waals surface area contributed by atoms with Crippen molar-refractivity contribution in [3.63, 3.8) is 0 Å². The number of Topliss-reactive ketones (excluding diaryl/α,β-unsaturated/α-hetero) is 2. The Bertz CT molecular complexity index is 463. The van der Waals surface area contributed by atoms with Gasteiger partial charge in [-0.25, -0.2) is 4.39 Å². The van der Waals surface area contributed by atoms with Crippen molar-refractivity contribution in [1.82, 2.24) is 0 Å². The minimum Gasteiger partial charge on any atom is -0.294 e. The summed E-state index contributed by atoms with van der Waals surface area (Å²) in [5, 5.41) is 0. The van der Waals surface area contributed by atoms with Gasteiger partial charge in [0, 0.05) is 5.56 Å². The lowest BCUT2D eigenvalue weighted by Gasteiger charge is -2.05. The Morgan fingerprint density at radius 2 is 1.82 bits per heavy atom. The van der Waals surface area contributed by atoms with Crippen LogP contribution in [0.5, 0.6) is 0 Å². The fraction of sp³-hybridized carbons (Fsp3) is 0.273. The van der Waals surface area contributed by atoms with E-state index in [1.807, 2.05) is 0 Å². The van der Waals surface area contributed by atoms with Crippen molar-refractivity contribution in [2.45, 2.75) is 19.5 Å². The molecule has 0 unspecified atom stereocenters. The van der Waals surface area contributed by atoms with Gasteiger partial charge in [-0.2, -0.15) is 13.2 Å². The quantitative estimate of drug-likeness (QED) is 0.468. The zero-order chi connectivity index (χ0) is 13.2. The molecule has 0 bridgehead atoms. The molecule has 0 N–H and O–H groups in total. The number of hydrogen-bond donors (Lipinski definition) is 0. The fourth-order valence-corrected chi connectivity index (χ4v) is 1.17. The summed E-state index contributed by atoms with van der Waals surface area (Å²) in [6.45, 7) is 1.37. The van der Waals surface area contributed by atoms with Gasteiger partial charge in [-0.15, -0.1) is 0 Å². The number of rotatable bonds is 3. The predicted octanol–water partition coefficient (Wildman–Crippen LogP) is 2.84. The van der Waals surface area contributed by atoms with Crippen LogP contribution in [-0.2, 0) is 4.79 Å². The molecule has 0 aliphatic carbocycles. The molecule has 2 nitrogen and oxygen atoms in total. The van der Waals surface area contributed by atoms with Crippen LogP contribution in [0.1, 0.15) is 22.3 Å². The topological polar surface area (TPSA) is 34.1 Å². The summed E-state index contributed by atoms with van der Waals surface area (Å²) in [6.07, 6.45) is -6.28. The number of hydrogen-bond acceptors (Lipinski definition) is 2. The van der Waals surface area contributed by atoms with Crippen LogP contribution < -0.4 is 0 Å². The molecule has 6 heteroatoms. The predicted molar refractivity (Wildman–Crippen MR) is 51.1 cm³/mol. The number of carbonyl (C=O) groups excluding carboxylic acids is 2. The van der Waals surface area contributed by atoms with E-state index in [0.717, 1.165) is 18.2 Å². The third kappa shape index (κ3) is 3.37. The van der Waals surface area contributed by atoms with Gasteiger partial charge in [0.2, 0.25) is 5.78 Å². The summed E-state index contributed by atoms with van der Waals surface area (Å²) in [6, 6.07) is 3.14. The van der Waals surface area contributed by atoms with E-state index in [-0.39, 0.29) is 11.1 Å². The molecule has 0 radical (unpaired) electrons. The normalized spacial score (nSPS) is 11.4. The largest absolute Gasteiger partial charge is 0.450 e. The van der Waals surface area contributed by atoms with Crippen LogP contribution in [0.15, 0.2) is 18.2 Å². The zero-order valence-electron chi connectivity index (χ0n) is 8.77. The SMILES string of the molecule is Cc1cc(C(=O)CC(=O)C(F)(F)F)ccc1F. The van der Waals surface area contributed by atoms with Crippen LogP contribution >= 0.6 is 0 Å². The molecule has 0 saturated carbocycles. The van der Waals surface area contributed by atoms with E-state index in [4.69, 9.17) is 0 Å². The monoisotopic (exact) mass is 248 g/mol. The minimum absolute atomic E-state index is 0.110. The number of aryl methyl sites for hydroxylation is 1. The second kappa shape index (κ2) is 4.65. The molecule has 0 aromatic heterocycles. The Labute approximate surface area is 94.2 Å². The van der Waals surface area contributed by atoms with Gasteiger partial charge in [0.1, 0.15) is 5.82 Å². The van der Waals surface area contributed by atoms with Crippen molar-refractivity contribution in [3.05, 3.63) is 35.1 Å². The van der Waals surface area contributed by atoms with Crippen LogP contribution in [-0.4, -0.2) is 17.7 Å². The highest BCUT2D eigenvalue weighted by atomic mass is 19.4. The Hall–Kier alpha value is -1.72. The number of alkyl halides is 3. The number of benzene rings is 1. The third-order valence-electron chi connectivity index (χ3n) is 2.12. The first-order valence-electron chi connectivity index (χ1n) is 4.61. The van der Waals surface area contributed by atoms with Crippen LogP contribution in [0.4, 0.5) is 17.6 Å². The molecule has 0 atom stereocenters. The van der Waals surface area contributed by atoms with Crippen LogP contribution in [0.3, 0.4) is 0 Å². The second-order valence-corrected chi connectivity index (χ2v) is 3.48. The standard InChI is InChI=1S/C11H8F4O2/c1-6-4-7(2-3-8(6)12)9(16)5-10(17)11(13,14)15/h2-4H,5H2,1H3. The summed E-state index contributed by atoms with van der Waals surface area (Å²) in [5.74, 6) is -3.65. The van der Waals surface area contributed by atoms with Crippen molar-refractivity contribution in [2.24, 2.45) is 0 Å². The maximum atomic E-state index is 12.9. The highest BCUT2D eigenvalue weighted by Gasteiger charge is 2.39. The maximum absolute atomic E-state index is 12.9. The van der Waals surface area contributed by atoms with Crippen molar-refractivity contribution >= 4 is 11.6 Å². The van der Waals surface area contributed by atoms with Gasteiger partial charge in [0.25, 0.3) is 0 Å². The third-order valence-corrected chi connectivity index (χ3v) is 2.12. The van der Waals surface area contributed by atoms with E-state index < -0.39 is 30.0 Å². The van der Waals surface area contributed by atoms with Crippen LogP contribution in [0.25, 0.3) is 0 Å². The van der Waals surface area contributed by atoms with Gasteiger partial charge < -0.3 is 0 Å². The molecule has 0 amide bonds. The lowest BCUT2D eigenvalue weighted by molar-refractivity contribution is -0.170. The lowest BCUT2D eigenvalue weighted by Crippen LogP contribution is -2.25. The summed E-state index contributed by atoms with van der Waals surface area (Å²) in [7, 11) is 0. The lowest BCUT2D eigenvalue weighted by atomic mass is 10.0. The highest BCUT2D eigenvalue weighted by Crippen LogP contribution is 2.19. The van der Waals surface area contributed by atoms with Crippen molar-refractivity contribution in [3.8, 4) is 0 Å². The van der Waals surface area contributed by atoms with Crippen LogP contribution in [0, 0.1) is 12.7 Å². The molecular weight excluding hydrogens is 240 g/mol. The van der Waals surface area contributed by atoms with E-state index in [0.29, 0.717) is 0 Å². The zero-order valence-corrected chi connectivity index (χ0v) is 8.77. The highest BCUT2D eigenvalue weighted by molar-refractivity contribution is 6.09. The molecule has 0 fully saturated rings. The average molecular weight is 248 g/mol. The summed E-state index contributed by atoms with van der Waals surface area (Å²) in [5.41, 5.74) is 0.0248. The minimum atomic E-state index is -5.02. The molecule has 1 rings (SSSR count). The van der Waals surface area contributed by atoms with Gasteiger partial charge in [-0.3, -0.25) is 9.59 Å². The molecule has 0 aliphatic heterocycles. The van der Waals surface area contributed by atoms with Gasteiger partial charge in [0.15, 0.2) is 5.78 Å². The fourth-order valence-electron chi connectivity index (χ4n) is 1.17. The number of carbonyl (C=O) groups is 2. The van der Waals surface area contributed by atoms with Gasteiger partial charge in [-0.1, -0.05) is 0 Å². The Kier molecular flexibility index (Phi) is 3.65. The Balaban J connectivity index is 2.84. The molecule has 17 heavy (non-hydrogen) atoms. The van der Waals surface area contributed by atoms with Gasteiger partial charge >= 0.3 is 6.18 Å². The van der Waals surface area contributed by atoms with Crippen molar-refractivity contribution < 1.29 is 27.2 Å². The maximum Gasteiger partial charge on any atom is 0.450 e. The van der Waals surface area contributed by atoms with E-state index in [2.05, 4.69) is 0 Å². The number of halogens is 4. The van der Waals surface area contributed by atoms with Crippen LogP contribution in [0.2, 0.25) is 0 Å². The van der Waals surface area contributed by atoms with Gasteiger partial charge in [-0.05, 0) is 30.7 Å². The van der Waals surface area contributed by atoms with Gasteiger partial charge in [0.05, 0.1) is 6.42 Å². The van der Waals surface area contributed by atoms with E-state index in [9.17, 15) is 27.2 Å². The van der Waals surface area contributed by atoms with Crippen molar-refractivity contribution in [2.75, 3.05) is 0 Å². The molecule has 92 valence electrons. The smallest absolute Gasteiger partial charge is 0.294 e. The average Bonchev–Trinajstić information content (AvgIpc) is 2.20. The molecule has 1 aromatic rings. The number of ketones is 2.